The second kappa shape index (κ2) is 8.15. The summed E-state index contributed by atoms with van der Waals surface area (Å²) in [5, 5.41) is 13.5. The number of benzene rings is 1. The van der Waals surface area contributed by atoms with Gasteiger partial charge in [-0.25, -0.2) is 0 Å². The Morgan fingerprint density at radius 1 is 1.43 bits per heavy atom. The Balaban J connectivity index is 1.76. The summed E-state index contributed by atoms with van der Waals surface area (Å²) in [6.07, 6.45) is 2.32. The highest BCUT2D eigenvalue weighted by Crippen LogP contribution is 2.26. The highest BCUT2D eigenvalue weighted by molar-refractivity contribution is 7.99. The normalized spacial score (nSPS) is 17.7. The topological polar surface area (TPSA) is 52.0 Å². The third-order valence-electron chi connectivity index (χ3n) is 3.88. The Morgan fingerprint density at radius 3 is 3.09 bits per heavy atom. The van der Waals surface area contributed by atoms with Gasteiger partial charge < -0.3 is 10.1 Å². The van der Waals surface area contributed by atoms with Gasteiger partial charge in [0.1, 0.15) is 0 Å². The van der Waals surface area contributed by atoms with Crippen LogP contribution in [0.4, 0.5) is 0 Å². The summed E-state index contributed by atoms with van der Waals surface area (Å²) in [5.74, 6) is 2.59. The Kier molecular flexibility index (Phi) is 5.94. The minimum atomic E-state index is 0.663. The fourth-order valence-corrected chi connectivity index (χ4v) is 3.93. The van der Waals surface area contributed by atoms with Crippen LogP contribution in [0.15, 0.2) is 29.4 Å². The molecule has 1 aliphatic heterocycles. The molecule has 0 bridgehead atoms. The van der Waals surface area contributed by atoms with Gasteiger partial charge in [0, 0.05) is 24.0 Å². The molecule has 1 aromatic heterocycles. The minimum absolute atomic E-state index is 0.663. The minimum Gasteiger partial charge on any atom is -0.381 e. The molecule has 7 heteroatoms. The predicted molar refractivity (Wildman–Crippen MR) is 93.4 cm³/mol. The van der Waals surface area contributed by atoms with Gasteiger partial charge in [-0.15, -0.1) is 10.2 Å². The molecular weight excluding hydrogens is 332 g/mol. The molecule has 1 atom stereocenters. The SMILES string of the molecule is CNCc1nnc(SCCC2CCOC2)n1-c1cccc(Cl)c1. The molecule has 1 aliphatic rings. The van der Waals surface area contributed by atoms with Crippen LogP contribution in [0.25, 0.3) is 5.69 Å². The highest BCUT2D eigenvalue weighted by Gasteiger charge is 2.18. The lowest BCUT2D eigenvalue weighted by Crippen LogP contribution is -2.12. The molecule has 0 radical (unpaired) electrons. The first kappa shape index (κ1) is 16.8. The van der Waals surface area contributed by atoms with Crippen LogP contribution in [0.5, 0.6) is 0 Å². The summed E-state index contributed by atoms with van der Waals surface area (Å²) < 4.78 is 7.52. The van der Waals surface area contributed by atoms with Crippen LogP contribution in [-0.2, 0) is 11.3 Å². The highest BCUT2D eigenvalue weighted by atomic mass is 35.5. The van der Waals surface area contributed by atoms with E-state index in [-0.39, 0.29) is 0 Å². The van der Waals surface area contributed by atoms with Crippen LogP contribution < -0.4 is 5.32 Å². The quantitative estimate of drug-likeness (QED) is 0.776. The third kappa shape index (κ3) is 4.26. The lowest BCUT2D eigenvalue weighted by Gasteiger charge is -2.11. The summed E-state index contributed by atoms with van der Waals surface area (Å²) in [6, 6.07) is 7.80. The van der Waals surface area contributed by atoms with Gasteiger partial charge >= 0.3 is 0 Å². The first-order valence-corrected chi connectivity index (χ1v) is 9.19. The summed E-state index contributed by atoms with van der Waals surface area (Å²) in [6.45, 7) is 2.46. The lowest BCUT2D eigenvalue weighted by molar-refractivity contribution is 0.185. The average Bonchev–Trinajstić information content (AvgIpc) is 3.18. The second-order valence-corrected chi connectivity index (χ2v) is 7.11. The molecule has 1 aromatic carbocycles. The average molecular weight is 353 g/mol. The Hall–Kier alpha value is -1.08. The maximum atomic E-state index is 6.14. The van der Waals surface area contributed by atoms with E-state index in [1.54, 1.807) is 11.8 Å². The molecule has 1 fully saturated rings. The van der Waals surface area contributed by atoms with E-state index >= 15 is 0 Å². The van der Waals surface area contributed by atoms with Crippen molar-refractivity contribution in [2.75, 3.05) is 26.0 Å². The van der Waals surface area contributed by atoms with Crippen LogP contribution in [0.1, 0.15) is 18.7 Å². The molecule has 0 aliphatic carbocycles. The van der Waals surface area contributed by atoms with Crippen LogP contribution in [0.3, 0.4) is 0 Å². The van der Waals surface area contributed by atoms with Crippen molar-refractivity contribution < 1.29 is 4.74 Å². The van der Waals surface area contributed by atoms with Gasteiger partial charge in [0.2, 0.25) is 0 Å². The van der Waals surface area contributed by atoms with E-state index in [0.717, 1.165) is 42.1 Å². The largest absolute Gasteiger partial charge is 0.381 e. The number of thioether (sulfide) groups is 1. The van der Waals surface area contributed by atoms with E-state index in [4.69, 9.17) is 16.3 Å². The summed E-state index contributed by atoms with van der Waals surface area (Å²) >= 11 is 7.89. The van der Waals surface area contributed by atoms with E-state index in [2.05, 4.69) is 20.1 Å². The van der Waals surface area contributed by atoms with Crippen LogP contribution in [0.2, 0.25) is 5.02 Å². The van der Waals surface area contributed by atoms with Crippen molar-refractivity contribution in [3.63, 3.8) is 0 Å². The zero-order chi connectivity index (χ0) is 16.1. The van der Waals surface area contributed by atoms with Crippen molar-refractivity contribution in [2.45, 2.75) is 24.5 Å². The standard InChI is InChI=1S/C16H21ClN4OS/c1-18-10-15-19-20-16(23-8-6-12-5-7-22-11-12)21(15)14-4-2-3-13(17)9-14/h2-4,9,12,18H,5-8,10-11H2,1H3. The zero-order valence-corrected chi connectivity index (χ0v) is 14.7. The van der Waals surface area contributed by atoms with Crippen molar-refractivity contribution in [3.05, 3.63) is 35.1 Å². The molecule has 124 valence electrons. The molecule has 0 saturated carbocycles. The fourth-order valence-electron chi connectivity index (χ4n) is 2.67. The number of aromatic nitrogens is 3. The molecule has 1 saturated heterocycles. The van der Waals surface area contributed by atoms with E-state index in [0.29, 0.717) is 17.5 Å². The molecule has 1 N–H and O–H groups in total. The van der Waals surface area contributed by atoms with Crippen molar-refractivity contribution in [3.8, 4) is 5.69 Å². The molecule has 2 aromatic rings. The van der Waals surface area contributed by atoms with E-state index < -0.39 is 0 Å². The van der Waals surface area contributed by atoms with Crippen molar-refractivity contribution in [1.29, 1.82) is 0 Å². The van der Waals surface area contributed by atoms with Gasteiger partial charge in [-0.1, -0.05) is 29.4 Å². The van der Waals surface area contributed by atoms with Crippen molar-refractivity contribution in [2.24, 2.45) is 5.92 Å². The number of halogens is 1. The number of nitrogens with zero attached hydrogens (tertiary/aromatic N) is 3. The Labute approximate surface area is 145 Å². The maximum absolute atomic E-state index is 6.14. The van der Waals surface area contributed by atoms with Gasteiger partial charge in [0.25, 0.3) is 0 Å². The van der Waals surface area contributed by atoms with Gasteiger partial charge in [0.05, 0.1) is 12.2 Å². The Morgan fingerprint density at radius 2 is 2.35 bits per heavy atom. The number of hydrogen-bond donors (Lipinski definition) is 1. The Bertz CT molecular complexity index is 643. The lowest BCUT2D eigenvalue weighted by atomic mass is 10.1. The van der Waals surface area contributed by atoms with E-state index in [1.165, 1.54) is 6.42 Å². The molecule has 0 spiro atoms. The van der Waals surface area contributed by atoms with E-state index in [9.17, 15) is 0 Å². The second-order valence-electron chi connectivity index (χ2n) is 5.61. The van der Waals surface area contributed by atoms with Gasteiger partial charge in [-0.3, -0.25) is 4.57 Å². The van der Waals surface area contributed by atoms with Gasteiger partial charge in [-0.05, 0) is 44.0 Å². The van der Waals surface area contributed by atoms with Gasteiger partial charge in [0.15, 0.2) is 11.0 Å². The number of hydrogen-bond acceptors (Lipinski definition) is 5. The summed E-state index contributed by atoms with van der Waals surface area (Å²) in [4.78, 5) is 0. The predicted octanol–water partition coefficient (Wildman–Crippen LogP) is 3.16. The summed E-state index contributed by atoms with van der Waals surface area (Å²) in [7, 11) is 1.91. The zero-order valence-electron chi connectivity index (χ0n) is 13.2. The van der Waals surface area contributed by atoms with Crippen molar-refractivity contribution in [1.82, 2.24) is 20.1 Å². The maximum Gasteiger partial charge on any atom is 0.195 e. The number of ether oxygens (including phenoxy) is 1. The summed E-state index contributed by atoms with van der Waals surface area (Å²) in [5.41, 5.74) is 0.999. The molecule has 1 unspecified atom stereocenters. The van der Waals surface area contributed by atoms with Gasteiger partial charge in [-0.2, -0.15) is 0 Å². The number of nitrogens with one attached hydrogen (secondary N) is 1. The first-order valence-electron chi connectivity index (χ1n) is 7.83. The monoisotopic (exact) mass is 352 g/mol. The van der Waals surface area contributed by atoms with E-state index in [1.807, 2.05) is 31.3 Å². The molecular formula is C16H21ClN4OS. The first-order chi connectivity index (χ1) is 11.3. The van der Waals surface area contributed by atoms with Crippen LogP contribution in [-0.4, -0.2) is 40.8 Å². The molecule has 3 rings (SSSR count). The fraction of sp³-hybridized carbons (Fsp3) is 0.500. The molecule has 5 nitrogen and oxygen atoms in total. The number of rotatable bonds is 7. The smallest absolute Gasteiger partial charge is 0.195 e. The van der Waals surface area contributed by atoms with Crippen LogP contribution >= 0.6 is 23.4 Å². The molecule has 0 amide bonds. The van der Waals surface area contributed by atoms with Crippen LogP contribution in [0, 0.1) is 5.92 Å². The molecule has 2 heterocycles. The third-order valence-corrected chi connectivity index (χ3v) is 5.08. The molecule has 23 heavy (non-hydrogen) atoms. The van der Waals surface area contributed by atoms with Crippen molar-refractivity contribution >= 4 is 23.4 Å².